The summed E-state index contributed by atoms with van der Waals surface area (Å²) >= 11 is 0. The number of hydrogen-bond donors (Lipinski definition) is 0. The van der Waals surface area contributed by atoms with Crippen LogP contribution in [0.15, 0.2) is 0 Å². The number of esters is 1. The molecular formula is C11H19NO2. The second-order valence-electron chi connectivity index (χ2n) is 3.85. The topological polar surface area (TPSA) is 29.5 Å². The predicted octanol–water partition coefficient (Wildman–Crippen LogP) is 1.14. The van der Waals surface area contributed by atoms with Crippen LogP contribution in [0.1, 0.15) is 20.3 Å². The maximum atomic E-state index is 11.1. The largest absolute Gasteiger partial charge is 0.452 e. The normalized spacial score (nSPS) is 9.86. The highest BCUT2D eigenvalue weighted by molar-refractivity contribution is 5.69. The van der Waals surface area contributed by atoms with E-state index >= 15 is 0 Å². The van der Waals surface area contributed by atoms with Gasteiger partial charge in [-0.3, -0.25) is 9.69 Å². The van der Waals surface area contributed by atoms with Gasteiger partial charge >= 0.3 is 5.97 Å². The summed E-state index contributed by atoms with van der Waals surface area (Å²) in [6.07, 6.45) is 0.468. The third-order valence-corrected chi connectivity index (χ3v) is 1.40. The molecule has 0 unspecified atom stereocenters. The highest BCUT2D eigenvalue weighted by Crippen LogP contribution is 2.00. The van der Waals surface area contributed by atoms with Crippen molar-refractivity contribution in [1.82, 2.24) is 4.90 Å². The first-order chi connectivity index (χ1) is 6.52. The first-order valence-corrected chi connectivity index (χ1v) is 4.78. The lowest BCUT2D eigenvalue weighted by molar-refractivity contribution is -0.143. The third-order valence-electron chi connectivity index (χ3n) is 1.40. The summed E-state index contributed by atoms with van der Waals surface area (Å²) < 4.78 is 4.90. The van der Waals surface area contributed by atoms with Gasteiger partial charge in [0.2, 0.25) is 0 Å². The Morgan fingerprint density at radius 1 is 1.36 bits per heavy atom. The van der Waals surface area contributed by atoms with Gasteiger partial charge in [-0.2, -0.15) is 0 Å². The van der Waals surface area contributed by atoms with E-state index in [1.54, 1.807) is 0 Å². The maximum absolute atomic E-state index is 11.1. The van der Waals surface area contributed by atoms with Crippen LogP contribution >= 0.6 is 0 Å². The Labute approximate surface area is 86.4 Å². The third kappa shape index (κ3) is 9.08. The molecule has 14 heavy (non-hydrogen) atoms. The van der Waals surface area contributed by atoms with Crippen LogP contribution in [0.2, 0.25) is 0 Å². The monoisotopic (exact) mass is 197 g/mol. The maximum Gasteiger partial charge on any atom is 0.307 e. The van der Waals surface area contributed by atoms with Crippen molar-refractivity contribution in [3.05, 3.63) is 0 Å². The molecular weight excluding hydrogens is 178 g/mol. The summed E-state index contributed by atoms with van der Waals surface area (Å²) in [7, 11) is 3.89. The van der Waals surface area contributed by atoms with E-state index in [9.17, 15) is 4.79 Å². The fourth-order valence-electron chi connectivity index (χ4n) is 0.774. The van der Waals surface area contributed by atoms with Crippen LogP contribution in [-0.4, -0.2) is 38.1 Å². The standard InChI is InChI=1S/C11H19NO2/c1-10(2)9-11(13)14-8-6-5-7-12(3)4/h10H,7-9H2,1-4H3. The van der Waals surface area contributed by atoms with Crippen LogP contribution in [0.25, 0.3) is 0 Å². The van der Waals surface area contributed by atoms with Crippen molar-refractivity contribution in [2.45, 2.75) is 20.3 Å². The molecule has 0 aromatic rings. The van der Waals surface area contributed by atoms with Crippen LogP contribution in [-0.2, 0) is 9.53 Å². The van der Waals surface area contributed by atoms with Gasteiger partial charge in [-0.15, -0.1) is 0 Å². The molecule has 80 valence electrons. The van der Waals surface area contributed by atoms with Crippen molar-refractivity contribution in [2.24, 2.45) is 5.92 Å². The van der Waals surface area contributed by atoms with Crippen molar-refractivity contribution in [2.75, 3.05) is 27.2 Å². The summed E-state index contributed by atoms with van der Waals surface area (Å²) in [4.78, 5) is 13.0. The fourth-order valence-corrected chi connectivity index (χ4v) is 0.774. The summed E-state index contributed by atoms with van der Waals surface area (Å²) in [5, 5.41) is 0. The van der Waals surface area contributed by atoms with Gasteiger partial charge in [0, 0.05) is 6.42 Å². The highest BCUT2D eigenvalue weighted by Gasteiger charge is 2.03. The van der Waals surface area contributed by atoms with Crippen LogP contribution in [0, 0.1) is 17.8 Å². The molecule has 0 aliphatic carbocycles. The van der Waals surface area contributed by atoms with E-state index in [0.29, 0.717) is 18.9 Å². The number of carbonyl (C=O) groups is 1. The Morgan fingerprint density at radius 3 is 2.50 bits per heavy atom. The molecule has 0 rings (SSSR count). The molecule has 3 heteroatoms. The molecule has 0 radical (unpaired) electrons. The summed E-state index contributed by atoms with van der Waals surface area (Å²) in [6.45, 7) is 4.87. The van der Waals surface area contributed by atoms with Crippen molar-refractivity contribution in [3.63, 3.8) is 0 Å². The molecule has 0 atom stereocenters. The zero-order valence-electron chi connectivity index (χ0n) is 9.46. The Hall–Kier alpha value is -1.01. The zero-order chi connectivity index (χ0) is 11.0. The lowest BCUT2D eigenvalue weighted by Gasteiger charge is -2.03. The minimum absolute atomic E-state index is 0.167. The van der Waals surface area contributed by atoms with Crippen LogP contribution < -0.4 is 0 Å². The Kier molecular flexibility index (Phi) is 6.87. The van der Waals surface area contributed by atoms with Crippen LogP contribution in [0.5, 0.6) is 0 Å². The van der Waals surface area contributed by atoms with E-state index in [4.69, 9.17) is 4.74 Å². The van der Waals surface area contributed by atoms with Gasteiger partial charge in [0.05, 0.1) is 6.54 Å². The Balaban J connectivity index is 3.51. The molecule has 0 amide bonds. The van der Waals surface area contributed by atoms with Crippen LogP contribution in [0.4, 0.5) is 0 Å². The van der Waals surface area contributed by atoms with E-state index in [0.717, 1.165) is 0 Å². The summed E-state index contributed by atoms with van der Waals surface area (Å²) in [5.74, 6) is 5.86. The van der Waals surface area contributed by atoms with Crippen molar-refractivity contribution in [1.29, 1.82) is 0 Å². The minimum Gasteiger partial charge on any atom is -0.452 e. The minimum atomic E-state index is -0.167. The second-order valence-corrected chi connectivity index (χ2v) is 3.85. The average molecular weight is 197 g/mol. The highest BCUT2D eigenvalue weighted by atomic mass is 16.5. The molecule has 0 fully saturated rings. The van der Waals surface area contributed by atoms with Gasteiger partial charge in [0.15, 0.2) is 6.61 Å². The van der Waals surface area contributed by atoms with Crippen molar-refractivity contribution in [3.8, 4) is 11.8 Å². The molecule has 0 aliphatic rings. The molecule has 0 spiro atoms. The molecule has 0 heterocycles. The van der Waals surface area contributed by atoms with Gasteiger partial charge in [-0.1, -0.05) is 25.7 Å². The van der Waals surface area contributed by atoms with E-state index in [2.05, 4.69) is 11.8 Å². The predicted molar refractivity (Wildman–Crippen MR) is 56.7 cm³/mol. The fraction of sp³-hybridized carbons (Fsp3) is 0.727. The number of carbonyl (C=O) groups excluding carboxylic acids is 1. The van der Waals surface area contributed by atoms with Crippen molar-refractivity contribution >= 4 is 5.97 Å². The van der Waals surface area contributed by atoms with E-state index < -0.39 is 0 Å². The summed E-state index contributed by atoms with van der Waals surface area (Å²) in [6, 6.07) is 0. The Morgan fingerprint density at radius 2 is 2.00 bits per heavy atom. The zero-order valence-corrected chi connectivity index (χ0v) is 9.46. The lowest BCUT2D eigenvalue weighted by Crippen LogP contribution is -2.11. The average Bonchev–Trinajstić information content (AvgIpc) is 2.01. The SMILES string of the molecule is CC(C)CC(=O)OCC#CCN(C)C. The van der Waals surface area contributed by atoms with E-state index in [1.165, 1.54) is 0 Å². The number of hydrogen-bond acceptors (Lipinski definition) is 3. The molecule has 3 nitrogen and oxygen atoms in total. The molecule has 0 N–H and O–H groups in total. The van der Waals surface area contributed by atoms with Gasteiger partial charge in [-0.05, 0) is 20.0 Å². The van der Waals surface area contributed by atoms with Gasteiger partial charge in [0.25, 0.3) is 0 Å². The molecule has 0 saturated carbocycles. The van der Waals surface area contributed by atoms with E-state index in [1.807, 2.05) is 32.8 Å². The smallest absolute Gasteiger partial charge is 0.307 e. The Bertz CT molecular complexity index is 223. The molecule has 0 aromatic carbocycles. The molecule has 0 aliphatic heterocycles. The van der Waals surface area contributed by atoms with Crippen molar-refractivity contribution < 1.29 is 9.53 Å². The lowest BCUT2D eigenvalue weighted by atomic mass is 10.1. The molecule has 0 aromatic heterocycles. The van der Waals surface area contributed by atoms with Gasteiger partial charge in [0.1, 0.15) is 0 Å². The van der Waals surface area contributed by atoms with Gasteiger partial charge < -0.3 is 4.74 Å². The number of rotatable bonds is 4. The van der Waals surface area contributed by atoms with Gasteiger partial charge in [-0.25, -0.2) is 0 Å². The number of ether oxygens (including phenoxy) is 1. The summed E-state index contributed by atoms with van der Waals surface area (Å²) in [5.41, 5.74) is 0. The van der Waals surface area contributed by atoms with Crippen LogP contribution in [0.3, 0.4) is 0 Å². The van der Waals surface area contributed by atoms with E-state index in [-0.39, 0.29) is 12.6 Å². The number of nitrogens with zero attached hydrogens (tertiary/aromatic N) is 1. The quantitative estimate of drug-likeness (QED) is 0.500. The second kappa shape index (κ2) is 7.40. The first-order valence-electron chi connectivity index (χ1n) is 4.78. The first kappa shape index (κ1) is 13.0. The molecule has 0 saturated heterocycles. The molecule has 0 bridgehead atoms.